The van der Waals surface area contributed by atoms with Gasteiger partial charge in [-0.3, -0.25) is 9.59 Å². The highest BCUT2D eigenvalue weighted by Gasteiger charge is 2.48. The van der Waals surface area contributed by atoms with Gasteiger partial charge in [0.1, 0.15) is 11.2 Å². The molecule has 0 unspecified atom stereocenters. The van der Waals surface area contributed by atoms with Crippen LogP contribution in [0.25, 0.3) is 10.9 Å². The van der Waals surface area contributed by atoms with Gasteiger partial charge in [-0.15, -0.1) is 0 Å². The van der Waals surface area contributed by atoms with Crippen molar-refractivity contribution in [2.45, 2.75) is 70.6 Å². The second kappa shape index (κ2) is 8.12. The van der Waals surface area contributed by atoms with E-state index in [0.29, 0.717) is 18.8 Å². The van der Waals surface area contributed by atoms with Gasteiger partial charge in [0.25, 0.3) is 5.91 Å². The highest BCUT2D eigenvalue weighted by molar-refractivity contribution is 6.03. The van der Waals surface area contributed by atoms with Crippen LogP contribution < -0.4 is 5.32 Å². The monoisotopic (exact) mass is 429 g/mol. The van der Waals surface area contributed by atoms with Crippen LogP contribution in [0.2, 0.25) is 0 Å². The van der Waals surface area contributed by atoms with Crippen LogP contribution >= 0.6 is 0 Å². The van der Waals surface area contributed by atoms with Crippen molar-refractivity contribution in [1.29, 1.82) is 0 Å². The number of rotatable bonds is 4. The third kappa shape index (κ3) is 3.60. The van der Waals surface area contributed by atoms with E-state index >= 15 is 0 Å². The quantitative estimate of drug-likeness (QED) is 0.647. The molecule has 0 spiro atoms. The molecule has 166 valence electrons. The molecule has 2 aliphatic rings. The number of aryl methyl sites for hydroxylation is 1. The van der Waals surface area contributed by atoms with Gasteiger partial charge in [-0.05, 0) is 44.4 Å². The summed E-state index contributed by atoms with van der Waals surface area (Å²) < 4.78 is 2.03. The van der Waals surface area contributed by atoms with Crippen LogP contribution in [0.4, 0.5) is 0 Å². The minimum atomic E-state index is -0.964. The number of hydrogen-bond acceptors (Lipinski definition) is 2. The van der Waals surface area contributed by atoms with Crippen molar-refractivity contribution in [3.05, 3.63) is 71.4 Å². The number of carbonyl (C=O) groups excluding carboxylic acids is 2. The number of aromatic nitrogens is 1. The van der Waals surface area contributed by atoms with E-state index in [-0.39, 0.29) is 17.9 Å². The van der Waals surface area contributed by atoms with Gasteiger partial charge in [-0.25, -0.2) is 0 Å². The Morgan fingerprint density at radius 1 is 1.06 bits per heavy atom. The van der Waals surface area contributed by atoms with Gasteiger partial charge in [-0.2, -0.15) is 0 Å². The lowest BCUT2D eigenvalue weighted by molar-refractivity contribution is -0.134. The lowest BCUT2D eigenvalue weighted by Crippen LogP contribution is -2.64. The molecular weight excluding hydrogens is 398 g/mol. The third-order valence-electron chi connectivity index (χ3n) is 7.23. The zero-order valence-electron chi connectivity index (χ0n) is 18.9. The van der Waals surface area contributed by atoms with E-state index in [1.807, 2.05) is 54.0 Å². The van der Waals surface area contributed by atoms with Crippen LogP contribution in [-0.4, -0.2) is 32.9 Å². The van der Waals surface area contributed by atoms with Crippen LogP contribution in [0.3, 0.4) is 0 Å². The van der Waals surface area contributed by atoms with Crippen LogP contribution in [0, 0.1) is 6.92 Å². The fourth-order valence-electron chi connectivity index (χ4n) is 5.22. The number of carbonyl (C=O) groups is 2. The summed E-state index contributed by atoms with van der Waals surface area (Å²) in [6, 6.07) is 18.4. The van der Waals surface area contributed by atoms with Gasteiger partial charge in [0.15, 0.2) is 0 Å². The van der Waals surface area contributed by atoms with Crippen LogP contribution in [0.15, 0.2) is 54.6 Å². The van der Waals surface area contributed by atoms with Crippen LogP contribution in [0.1, 0.15) is 60.6 Å². The summed E-state index contributed by atoms with van der Waals surface area (Å²) in [5.41, 5.74) is 2.90. The lowest BCUT2D eigenvalue weighted by atomic mass is 9.91. The molecule has 1 N–H and O–H groups in total. The summed E-state index contributed by atoms with van der Waals surface area (Å²) in [4.78, 5) is 29.3. The van der Waals surface area contributed by atoms with E-state index in [1.54, 1.807) is 4.90 Å². The van der Waals surface area contributed by atoms with Crippen molar-refractivity contribution in [1.82, 2.24) is 14.8 Å². The van der Waals surface area contributed by atoms with E-state index in [9.17, 15) is 9.59 Å². The largest absolute Gasteiger partial charge is 0.351 e. The maximum Gasteiger partial charge on any atom is 0.271 e. The van der Waals surface area contributed by atoms with Crippen molar-refractivity contribution in [2.24, 2.45) is 0 Å². The molecule has 1 aromatic heterocycles. The molecule has 0 bridgehead atoms. The smallest absolute Gasteiger partial charge is 0.271 e. The van der Waals surface area contributed by atoms with Gasteiger partial charge >= 0.3 is 0 Å². The maximum atomic E-state index is 13.8. The minimum absolute atomic E-state index is 0.0479. The molecule has 1 saturated carbocycles. The summed E-state index contributed by atoms with van der Waals surface area (Å²) in [7, 11) is 0. The number of hydrogen-bond donors (Lipinski definition) is 1. The number of nitrogens with one attached hydrogen (secondary N) is 1. The van der Waals surface area contributed by atoms with E-state index in [2.05, 4.69) is 24.4 Å². The first kappa shape index (κ1) is 20.8. The molecule has 32 heavy (non-hydrogen) atoms. The Morgan fingerprint density at radius 2 is 1.78 bits per heavy atom. The molecule has 5 rings (SSSR count). The average Bonchev–Trinajstić information content (AvgIpc) is 3.17. The van der Waals surface area contributed by atoms with Gasteiger partial charge in [0, 0.05) is 23.5 Å². The first-order valence-corrected chi connectivity index (χ1v) is 11.7. The second-order valence-corrected chi connectivity index (χ2v) is 9.63. The van der Waals surface area contributed by atoms with Crippen molar-refractivity contribution in [2.75, 3.05) is 0 Å². The van der Waals surface area contributed by atoms with Crippen LogP contribution in [-0.2, 0) is 17.9 Å². The van der Waals surface area contributed by atoms with Gasteiger partial charge in [0.05, 0.1) is 6.54 Å². The minimum Gasteiger partial charge on any atom is -0.351 e. The molecule has 1 fully saturated rings. The van der Waals surface area contributed by atoms with Crippen molar-refractivity contribution >= 4 is 22.7 Å². The van der Waals surface area contributed by atoms with Crippen molar-refractivity contribution < 1.29 is 9.59 Å². The number of amides is 2. The predicted molar refractivity (Wildman–Crippen MR) is 126 cm³/mol. The molecule has 2 aromatic carbocycles. The van der Waals surface area contributed by atoms with E-state index < -0.39 is 5.54 Å². The zero-order valence-corrected chi connectivity index (χ0v) is 18.9. The molecule has 1 aliphatic heterocycles. The van der Waals surface area contributed by atoms with E-state index in [0.717, 1.165) is 42.1 Å². The average molecular weight is 430 g/mol. The number of fused-ring (bicyclic) bond motifs is 3. The Bertz CT molecular complexity index is 1160. The number of nitrogens with zero attached hydrogens (tertiary/aromatic N) is 2. The van der Waals surface area contributed by atoms with Crippen molar-refractivity contribution in [3.8, 4) is 0 Å². The zero-order chi connectivity index (χ0) is 22.3. The first-order chi connectivity index (χ1) is 15.5. The molecule has 1 atom stereocenters. The Kier molecular flexibility index (Phi) is 5.28. The van der Waals surface area contributed by atoms with Gasteiger partial charge < -0.3 is 14.8 Å². The molecule has 3 aromatic rings. The Hall–Kier alpha value is -3.08. The highest BCUT2D eigenvalue weighted by atomic mass is 16.2. The number of para-hydroxylation sites is 1. The molecule has 5 heteroatoms. The Labute approximate surface area is 189 Å². The summed E-state index contributed by atoms with van der Waals surface area (Å²) in [6.45, 7) is 4.84. The summed E-state index contributed by atoms with van der Waals surface area (Å²) in [5, 5.41) is 4.33. The summed E-state index contributed by atoms with van der Waals surface area (Å²) in [6.07, 6.45) is 5.58. The van der Waals surface area contributed by atoms with Gasteiger partial charge in [-0.1, -0.05) is 67.3 Å². The molecule has 5 nitrogen and oxygen atoms in total. The first-order valence-electron chi connectivity index (χ1n) is 11.7. The normalized spacial score (nSPS) is 21.6. The maximum absolute atomic E-state index is 13.8. The standard InChI is InChI=1S/C27H31N3O2/c1-19-12-14-20(15-13-19)17-30-25(31)24-16-21-8-6-7-11-23(21)29(24)18-27(30,2)26(32)28-22-9-4-3-5-10-22/h6-8,11-16,22H,3-5,9-10,17-18H2,1-2H3,(H,28,32)/t27-/m0/s1. The molecule has 2 amide bonds. The number of benzene rings is 2. The topological polar surface area (TPSA) is 54.3 Å². The molecule has 2 heterocycles. The van der Waals surface area contributed by atoms with E-state index in [4.69, 9.17) is 0 Å². The van der Waals surface area contributed by atoms with Crippen molar-refractivity contribution in [3.63, 3.8) is 0 Å². The third-order valence-corrected chi connectivity index (χ3v) is 7.23. The molecule has 1 aliphatic carbocycles. The fraction of sp³-hybridized carbons (Fsp3) is 0.407. The Balaban J connectivity index is 1.54. The fourth-order valence-corrected chi connectivity index (χ4v) is 5.22. The summed E-state index contributed by atoms with van der Waals surface area (Å²) >= 11 is 0. The molecule has 0 saturated heterocycles. The predicted octanol–water partition coefficient (Wildman–Crippen LogP) is 4.81. The highest BCUT2D eigenvalue weighted by Crippen LogP contribution is 2.34. The van der Waals surface area contributed by atoms with Gasteiger partial charge in [0.2, 0.25) is 5.91 Å². The van der Waals surface area contributed by atoms with Crippen LogP contribution in [0.5, 0.6) is 0 Å². The SMILES string of the molecule is Cc1ccc(CN2C(=O)c3cc4ccccc4n3C[C@@]2(C)C(=O)NC2CCCCC2)cc1. The van der Waals surface area contributed by atoms with E-state index in [1.165, 1.54) is 12.0 Å². The summed E-state index contributed by atoms with van der Waals surface area (Å²) in [5.74, 6) is -0.136. The Morgan fingerprint density at radius 3 is 2.53 bits per heavy atom. The lowest BCUT2D eigenvalue weighted by Gasteiger charge is -2.45. The molecular formula is C27H31N3O2. The molecule has 0 radical (unpaired) electrons. The second-order valence-electron chi connectivity index (χ2n) is 9.63.